The summed E-state index contributed by atoms with van der Waals surface area (Å²) in [7, 11) is 0. The van der Waals surface area contributed by atoms with E-state index in [4.69, 9.17) is 19.4 Å². The average molecular weight is 1060 g/mol. The third-order valence-corrected chi connectivity index (χ3v) is 21.8. The van der Waals surface area contributed by atoms with Crippen molar-refractivity contribution < 1.29 is 49.7 Å². The van der Waals surface area contributed by atoms with Gasteiger partial charge in [-0.1, -0.05) is 61.6 Å². The average Bonchev–Trinajstić information content (AvgIpc) is 1.89. The van der Waals surface area contributed by atoms with Crippen LogP contribution in [-0.2, 0) is 17.6 Å². The first-order chi connectivity index (χ1) is 38.1. The molecule has 15 heteroatoms. The fourth-order valence-electron chi connectivity index (χ4n) is 18.6. The number of ether oxygens (including phenoxy) is 2. The number of H-pyrrole nitrogens is 2. The molecule has 17 rings (SSSR count). The van der Waals surface area contributed by atoms with E-state index in [1.807, 2.05) is 18.2 Å². The molecule has 3 aromatic carbocycles. The third-order valence-electron chi connectivity index (χ3n) is 21.8. The van der Waals surface area contributed by atoms with Crippen LogP contribution in [0.1, 0.15) is 167 Å². The lowest BCUT2D eigenvalue weighted by Gasteiger charge is -2.64. The molecule has 79 heavy (non-hydrogen) atoms. The Morgan fingerprint density at radius 1 is 0.785 bits per heavy atom. The fraction of sp³-hybridized carbons (Fsp3) is 0.469. The van der Waals surface area contributed by atoms with Gasteiger partial charge in [0.25, 0.3) is 5.79 Å². The molecular weight excluding hydrogens is 999 g/mol. The van der Waals surface area contributed by atoms with Gasteiger partial charge in [-0.2, -0.15) is 0 Å². The molecule has 8 bridgehead atoms. The molecule has 11 aliphatic rings. The normalized spacial score (nSPS) is 34.0. The summed E-state index contributed by atoms with van der Waals surface area (Å²) >= 11 is 0. The summed E-state index contributed by atoms with van der Waals surface area (Å²) in [4.78, 5) is 47.5. The lowest BCUT2D eigenvalue weighted by atomic mass is 9.50. The summed E-state index contributed by atoms with van der Waals surface area (Å²) in [6, 6.07) is 18.7. The fourth-order valence-corrected chi connectivity index (χ4v) is 18.6. The Morgan fingerprint density at radius 3 is 2.37 bits per heavy atom. The summed E-state index contributed by atoms with van der Waals surface area (Å²) in [5.74, 6) is -4.29. The number of imidazole rings is 1. The SMILES string of the molecule is Cc1cc(O)c2c(c1)C(=O)c1c(c3cc4c(nccc14)NCC(O)C14CC5(CCCC5)CC1c1cc(Cc5nc[nH]c5Cc5ccccc5)[nH]c1C1=CC5(O3)OC3(C1=C4CC1(CCC4(CCCC4)C1)C3O)C(O)C(O)C5O)C2=O. The van der Waals surface area contributed by atoms with Gasteiger partial charge in [0.15, 0.2) is 17.5 Å². The highest BCUT2D eigenvalue weighted by atomic mass is 16.7. The summed E-state index contributed by atoms with van der Waals surface area (Å²) in [6.45, 7) is 1.74. The Balaban J connectivity index is 0.996. The standard InChI is InChI=1S/C64H65N5O10/c1-32-19-38-47(44(70)20-32)53(73)49-45-24-36-35(48(49)52(38)72)11-18-65-57(36)66-28-46(71)62-30-60(14-7-8-15-60)26-40(62)37-22-34(23-43-42(67-31-68-43)21-33-9-3-2-4-10-33)69-51(37)39-25-63(78-45)55(75)54(74)56(76)64(79-63)50(39)41(62)27-61(58(64)77)17-16-59(29-61)12-5-6-13-59/h2-4,9-11,18-20,22,24-25,31,40,46,54-56,58,69-71,74-77H,5-8,12-17,21,23,26-30H2,1H3,(H,65,66)(H,67,68). The van der Waals surface area contributed by atoms with Crippen molar-refractivity contribution in [2.45, 2.75) is 157 Å². The number of phenolic OH excluding ortho intramolecular Hbond substituents is 1. The molecule has 9 N–H and O–H groups in total. The minimum Gasteiger partial charge on any atom is -0.507 e. The van der Waals surface area contributed by atoms with Crippen molar-refractivity contribution in [3.05, 3.63) is 152 Å². The molecule has 15 nitrogen and oxygen atoms in total. The Hall–Kier alpha value is -6.46. The second-order valence-corrected chi connectivity index (χ2v) is 25.9. The third kappa shape index (κ3) is 6.34. The van der Waals surface area contributed by atoms with E-state index in [0.29, 0.717) is 77.5 Å². The largest absolute Gasteiger partial charge is 0.507 e. The summed E-state index contributed by atoms with van der Waals surface area (Å²) in [5.41, 5.74) is 3.14. The van der Waals surface area contributed by atoms with Crippen LogP contribution in [0.25, 0.3) is 16.3 Å². The molecule has 0 amide bonds. The van der Waals surface area contributed by atoms with Gasteiger partial charge < -0.3 is 55.4 Å². The number of ketones is 2. The van der Waals surface area contributed by atoms with Crippen molar-refractivity contribution in [1.82, 2.24) is 19.9 Å². The number of benzene rings is 3. The van der Waals surface area contributed by atoms with E-state index in [1.54, 1.807) is 43.7 Å². The number of hydrogen-bond donors (Lipinski definition) is 9. The predicted octanol–water partition coefficient (Wildman–Crippen LogP) is 8.30. The molecule has 3 aromatic heterocycles. The predicted molar refractivity (Wildman–Crippen MR) is 291 cm³/mol. The van der Waals surface area contributed by atoms with Gasteiger partial charge in [0.2, 0.25) is 5.78 Å². The van der Waals surface area contributed by atoms with Crippen LogP contribution in [0.4, 0.5) is 5.82 Å². The van der Waals surface area contributed by atoms with E-state index >= 15 is 9.59 Å². The topological polar surface area (TPSA) is 243 Å². The van der Waals surface area contributed by atoms with Crippen LogP contribution in [0.5, 0.6) is 11.5 Å². The number of aromatic amines is 2. The Morgan fingerprint density at radius 2 is 1.57 bits per heavy atom. The van der Waals surface area contributed by atoms with Gasteiger partial charge in [0, 0.05) is 75.6 Å². The van der Waals surface area contributed by atoms with Crippen LogP contribution in [0, 0.1) is 28.6 Å². The first-order valence-electron chi connectivity index (χ1n) is 28.8. The first kappa shape index (κ1) is 48.4. The zero-order valence-electron chi connectivity index (χ0n) is 44.2. The second kappa shape index (κ2) is 16.4. The molecule has 0 radical (unpaired) electrons. The molecule has 7 aliphatic carbocycles. The van der Waals surface area contributed by atoms with Crippen LogP contribution in [0.2, 0.25) is 0 Å². The maximum Gasteiger partial charge on any atom is 0.261 e. The number of hydrogen-bond acceptors (Lipinski definition) is 13. The van der Waals surface area contributed by atoms with E-state index in [-0.39, 0.29) is 57.0 Å². The van der Waals surface area contributed by atoms with Crippen molar-refractivity contribution >= 4 is 33.7 Å². The highest BCUT2D eigenvalue weighted by Gasteiger charge is 2.77. The Labute approximate surface area is 456 Å². The molecule has 10 unspecified atom stereocenters. The summed E-state index contributed by atoms with van der Waals surface area (Å²) in [6.07, 6.45) is 9.65. The van der Waals surface area contributed by atoms with Crippen LogP contribution in [0.15, 0.2) is 90.4 Å². The molecule has 6 spiro atoms. The van der Waals surface area contributed by atoms with E-state index in [0.717, 1.165) is 98.0 Å². The minimum atomic E-state index is -2.46. The number of anilines is 1. The van der Waals surface area contributed by atoms with Gasteiger partial charge in [-0.15, -0.1) is 0 Å². The number of rotatable bonds is 4. The highest BCUT2D eigenvalue weighted by molar-refractivity contribution is 6.34. The number of aryl methyl sites for hydroxylation is 1. The number of phenols is 1. The van der Waals surface area contributed by atoms with Gasteiger partial charge in [0.1, 0.15) is 29.5 Å². The number of aliphatic hydroxyl groups is 5. The monoisotopic (exact) mass is 1060 g/mol. The molecule has 6 aromatic rings. The van der Waals surface area contributed by atoms with E-state index in [1.165, 1.54) is 6.07 Å². The number of carbonyl (C=O) groups excluding carboxylic acids is 2. The maximum absolute atomic E-state index is 15.3. The molecule has 4 aliphatic heterocycles. The number of pyridine rings is 1. The first-order valence-corrected chi connectivity index (χ1v) is 28.8. The molecule has 7 heterocycles. The van der Waals surface area contributed by atoms with E-state index in [2.05, 4.69) is 33.5 Å². The van der Waals surface area contributed by atoms with E-state index in [9.17, 15) is 30.6 Å². The summed E-state index contributed by atoms with van der Waals surface area (Å²) < 4.78 is 14.9. The van der Waals surface area contributed by atoms with Gasteiger partial charge in [-0.25, -0.2) is 9.97 Å². The molecule has 406 valence electrons. The van der Waals surface area contributed by atoms with Crippen molar-refractivity contribution in [3.63, 3.8) is 0 Å². The number of aromatic nitrogens is 4. The lowest BCUT2D eigenvalue weighted by Crippen LogP contribution is -2.79. The molecule has 1 saturated heterocycles. The van der Waals surface area contributed by atoms with Gasteiger partial charge >= 0.3 is 0 Å². The number of nitrogens with zero attached hydrogens (tertiary/aromatic N) is 2. The quantitative estimate of drug-likeness (QED) is 0.0807. The van der Waals surface area contributed by atoms with Gasteiger partial charge in [-0.3, -0.25) is 9.59 Å². The number of carbonyl (C=O) groups is 2. The minimum absolute atomic E-state index is 0.00841. The lowest BCUT2D eigenvalue weighted by molar-refractivity contribution is -0.366. The zero-order chi connectivity index (χ0) is 53.8. The van der Waals surface area contributed by atoms with Gasteiger partial charge in [-0.05, 0) is 152 Å². The zero-order valence-corrected chi connectivity index (χ0v) is 44.2. The number of aromatic hydroxyl groups is 1. The Kier molecular flexibility index (Phi) is 10.0. The number of aliphatic hydroxyl groups excluding tert-OH is 5. The smallest absolute Gasteiger partial charge is 0.261 e. The van der Waals surface area contributed by atoms with Crippen LogP contribution < -0.4 is 10.1 Å². The van der Waals surface area contributed by atoms with Crippen molar-refractivity contribution in [3.8, 4) is 11.5 Å². The van der Waals surface area contributed by atoms with Crippen molar-refractivity contribution in [2.75, 3.05) is 11.9 Å². The van der Waals surface area contributed by atoms with E-state index < -0.39 is 64.3 Å². The molecule has 10 atom stereocenters. The number of fused-ring (bicyclic) bond motifs is 7. The molecule has 5 fully saturated rings. The molecule has 4 saturated carbocycles. The van der Waals surface area contributed by atoms with Crippen molar-refractivity contribution in [2.24, 2.45) is 21.7 Å². The molecular formula is C64H65N5O10. The van der Waals surface area contributed by atoms with Crippen LogP contribution in [0.3, 0.4) is 0 Å². The maximum atomic E-state index is 15.3. The van der Waals surface area contributed by atoms with Crippen LogP contribution >= 0.6 is 0 Å². The number of nitrogens with one attached hydrogen (secondary N) is 3. The van der Waals surface area contributed by atoms with Crippen molar-refractivity contribution in [1.29, 1.82) is 0 Å². The highest BCUT2D eigenvalue weighted by Crippen LogP contribution is 2.76. The summed E-state index contributed by atoms with van der Waals surface area (Å²) in [5, 5.41) is 83.1. The van der Waals surface area contributed by atoms with Crippen LogP contribution in [-0.4, -0.2) is 111 Å². The second-order valence-electron chi connectivity index (χ2n) is 25.9. The Bertz CT molecular complexity index is 3720. The van der Waals surface area contributed by atoms with Gasteiger partial charge in [0.05, 0.1) is 35.4 Å².